The number of rotatable bonds is 18. The van der Waals surface area contributed by atoms with Crippen LogP contribution in [0.25, 0.3) is 0 Å². The molecule has 1 rings (SSSR count). The standard InChI is InChI=1S/C28H52O4/c1-23(2)19-15-13-11-9-7-5-6-8-10-12-14-16-20-27(25(29)30)21-17-18-22-28(27,24(3)4)26(31)32/h23-24H,5-22H2,1-4H3,(H,29,30)(H,31,32). The van der Waals surface area contributed by atoms with Gasteiger partial charge in [-0.1, -0.05) is 124 Å². The summed E-state index contributed by atoms with van der Waals surface area (Å²) in [4.78, 5) is 24.8. The first-order valence-corrected chi connectivity index (χ1v) is 13.7. The Morgan fingerprint density at radius 1 is 0.656 bits per heavy atom. The highest BCUT2D eigenvalue weighted by Gasteiger charge is 2.63. The molecular formula is C28H52O4. The second-order valence-corrected chi connectivity index (χ2v) is 11.2. The molecule has 0 aromatic carbocycles. The monoisotopic (exact) mass is 452 g/mol. The zero-order valence-corrected chi connectivity index (χ0v) is 21.6. The van der Waals surface area contributed by atoms with Crippen molar-refractivity contribution in [3.63, 3.8) is 0 Å². The van der Waals surface area contributed by atoms with E-state index in [0.717, 1.165) is 38.0 Å². The lowest BCUT2D eigenvalue weighted by molar-refractivity contribution is -0.187. The molecule has 32 heavy (non-hydrogen) atoms. The van der Waals surface area contributed by atoms with Gasteiger partial charge in [-0.05, 0) is 31.1 Å². The fourth-order valence-corrected chi connectivity index (χ4v) is 6.19. The van der Waals surface area contributed by atoms with Crippen molar-refractivity contribution in [2.45, 2.75) is 143 Å². The fourth-order valence-electron chi connectivity index (χ4n) is 6.19. The van der Waals surface area contributed by atoms with E-state index in [1.807, 2.05) is 13.8 Å². The van der Waals surface area contributed by atoms with Crippen LogP contribution in [0.5, 0.6) is 0 Å². The van der Waals surface area contributed by atoms with E-state index < -0.39 is 22.8 Å². The fraction of sp³-hybridized carbons (Fsp3) is 0.929. The lowest BCUT2D eigenvalue weighted by Crippen LogP contribution is -2.57. The number of hydrogen-bond acceptors (Lipinski definition) is 2. The molecule has 0 spiro atoms. The van der Waals surface area contributed by atoms with Crippen LogP contribution in [0.15, 0.2) is 0 Å². The van der Waals surface area contributed by atoms with Crippen LogP contribution in [0.1, 0.15) is 143 Å². The van der Waals surface area contributed by atoms with Crippen molar-refractivity contribution in [3.8, 4) is 0 Å². The zero-order valence-electron chi connectivity index (χ0n) is 21.6. The molecule has 4 nitrogen and oxygen atoms in total. The quantitative estimate of drug-likeness (QED) is 0.204. The molecule has 188 valence electrons. The van der Waals surface area contributed by atoms with Gasteiger partial charge in [0.2, 0.25) is 0 Å². The number of aliphatic carboxylic acids is 2. The number of unbranched alkanes of at least 4 members (excludes halogenated alkanes) is 11. The summed E-state index contributed by atoms with van der Waals surface area (Å²) in [6, 6.07) is 0. The van der Waals surface area contributed by atoms with E-state index in [0.29, 0.717) is 19.3 Å². The SMILES string of the molecule is CC(C)CCCCCCCCCCCCCCC1(C(=O)O)CCCCC1(C(=O)O)C(C)C. The minimum absolute atomic E-state index is 0.174. The summed E-state index contributed by atoms with van der Waals surface area (Å²) >= 11 is 0. The number of carbonyl (C=O) groups is 2. The molecule has 0 radical (unpaired) electrons. The van der Waals surface area contributed by atoms with Crippen LogP contribution in [0.3, 0.4) is 0 Å². The van der Waals surface area contributed by atoms with Crippen LogP contribution in [-0.4, -0.2) is 22.2 Å². The molecule has 2 unspecified atom stereocenters. The molecule has 0 bridgehead atoms. The average Bonchev–Trinajstić information content (AvgIpc) is 2.73. The third kappa shape index (κ3) is 8.06. The lowest BCUT2D eigenvalue weighted by Gasteiger charge is -2.51. The van der Waals surface area contributed by atoms with E-state index in [4.69, 9.17) is 0 Å². The minimum atomic E-state index is -1.13. The van der Waals surface area contributed by atoms with E-state index in [-0.39, 0.29) is 5.92 Å². The topological polar surface area (TPSA) is 74.6 Å². The Kier molecular flexibility index (Phi) is 13.5. The van der Waals surface area contributed by atoms with E-state index >= 15 is 0 Å². The van der Waals surface area contributed by atoms with Crippen LogP contribution in [0, 0.1) is 22.7 Å². The summed E-state index contributed by atoms with van der Waals surface area (Å²) in [5.74, 6) is -1.14. The van der Waals surface area contributed by atoms with E-state index in [1.54, 1.807) is 0 Å². The van der Waals surface area contributed by atoms with Crippen molar-refractivity contribution in [3.05, 3.63) is 0 Å². The average molecular weight is 453 g/mol. The highest BCUT2D eigenvalue weighted by atomic mass is 16.4. The van der Waals surface area contributed by atoms with Gasteiger partial charge < -0.3 is 10.2 Å². The summed E-state index contributed by atoms with van der Waals surface area (Å²) in [6.45, 7) is 8.38. The summed E-state index contributed by atoms with van der Waals surface area (Å²) in [6.07, 6.45) is 19.5. The number of carboxylic acid groups (broad SMARTS) is 2. The van der Waals surface area contributed by atoms with Gasteiger partial charge in [0.25, 0.3) is 0 Å². The molecule has 1 saturated carbocycles. The van der Waals surface area contributed by atoms with Crippen LogP contribution >= 0.6 is 0 Å². The zero-order chi connectivity index (χ0) is 24.0. The number of carboxylic acids is 2. The van der Waals surface area contributed by atoms with E-state index in [2.05, 4.69) is 13.8 Å². The highest BCUT2D eigenvalue weighted by Crippen LogP contribution is 2.58. The lowest BCUT2D eigenvalue weighted by atomic mass is 9.50. The van der Waals surface area contributed by atoms with Crippen LogP contribution in [0.2, 0.25) is 0 Å². The molecule has 2 atom stereocenters. The molecular weight excluding hydrogens is 400 g/mol. The molecule has 1 aliphatic rings. The van der Waals surface area contributed by atoms with Crippen LogP contribution in [-0.2, 0) is 9.59 Å². The van der Waals surface area contributed by atoms with Gasteiger partial charge in [-0.25, -0.2) is 0 Å². The third-order valence-corrected chi connectivity index (χ3v) is 8.19. The van der Waals surface area contributed by atoms with Crippen molar-refractivity contribution in [2.75, 3.05) is 0 Å². The normalized spacial score (nSPS) is 23.7. The maximum atomic E-state index is 12.4. The van der Waals surface area contributed by atoms with Gasteiger partial charge in [-0.15, -0.1) is 0 Å². The molecule has 4 heteroatoms. The van der Waals surface area contributed by atoms with Crippen molar-refractivity contribution < 1.29 is 19.8 Å². The molecule has 1 fully saturated rings. The summed E-state index contributed by atoms with van der Waals surface area (Å²) in [5.41, 5.74) is -2.24. The van der Waals surface area contributed by atoms with Gasteiger partial charge in [-0.2, -0.15) is 0 Å². The Balaban J connectivity index is 2.27. The highest BCUT2D eigenvalue weighted by molar-refractivity contribution is 5.87. The Bertz CT molecular complexity index is 542. The smallest absolute Gasteiger partial charge is 0.311 e. The molecule has 0 heterocycles. The Morgan fingerprint density at radius 2 is 1.09 bits per heavy atom. The van der Waals surface area contributed by atoms with Gasteiger partial charge >= 0.3 is 11.9 Å². The van der Waals surface area contributed by atoms with Gasteiger partial charge in [-0.3, -0.25) is 9.59 Å². The first kappa shape index (κ1) is 29.0. The Hall–Kier alpha value is -1.06. The second-order valence-electron chi connectivity index (χ2n) is 11.2. The van der Waals surface area contributed by atoms with Crippen molar-refractivity contribution in [1.29, 1.82) is 0 Å². The van der Waals surface area contributed by atoms with Gasteiger partial charge in [0, 0.05) is 0 Å². The molecule has 2 N–H and O–H groups in total. The molecule has 0 amide bonds. The minimum Gasteiger partial charge on any atom is -0.481 e. The van der Waals surface area contributed by atoms with Crippen molar-refractivity contribution >= 4 is 11.9 Å². The maximum absolute atomic E-state index is 12.4. The summed E-state index contributed by atoms with van der Waals surface area (Å²) in [7, 11) is 0. The predicted molar refractivity (Wildman–Crippen MR) is 133 cm³/mol. The molecule has 0 aromatic heterocycles. The maximum Gasteiger partial charge on any atom is 0.311 e. The van der Waals surface area contributed by atoms with E-state index in [1.165, 1.54) is 64.2 Å². The summed E-state index contributed by atoms with van der Waals surface area (Å²) < 4.78 is 0. The van der Waals surface area contributed by atoms with Gasteiger partial charge in [0.15, 0.2) is 0 Å². The predicted octanol–water partition coefficient (Wildman–Crippen LogP) is 8.48. The van der Waals surface area contributed by atoms with Crippen LogP contribution in [0.4, 0.5) is 0 Å². The third-order valence-electron chi connectivity index (χ3n) is 8.19. The Morgan fingerprint density at radius 3 is 1.50 bits per heavy atom. The molecule has 0 saturated heterocycles. The van der Waals surface area contributed by atoms with Gasteiger partial charge in [0.1, 0.15) is 0 Å². The van der Waals surface area contributed by atoms with Crippen molar-refractivity contribution in [1.82, 2.24) is 0 Å². The number of hydrogen-bond donors (Lipinski definition) is 2. The summed E-state index contributed by atoms with van der Waals surface area (Å²) in [5, 5.41) is 20.3. The van der Waals surface area contributed by atoms with Crippen LogP contribution < -0.4 is 0 Å². The van der Waals surface area contributed by atoms with E-state index in [9.17, 15) is 19.8 Å². The molecule has 0 aromatic rings. The largest absolute Gasteiger partial charge is 0.481 e. The molecule has 0 aliphatic heterocycles. The van der Waals surface area contributed by atoms with Crippen molar-refractivity contribution in [2.24, 2.45) is 22.7 Å². The van der Waals surface area contributed by atoms with Gasteiger partial charge in [0.05, 0.1) is 10.8 Å². The Labute approximate surface area is 197 Å². The second kappa shape index (κ2) is 15.0. The first-order chi connectivity index (χ1) is 15.2. The first-order valence-electron chi connectivity index (χ1n) is 13.7. The molecule has 1 aliphatic carbocycles.